The molecule has 0 aliphatic carbocycles. The van der Waals surface area contributed by atoms with Gasteiger partial charge >= 0.3 is 0 Å². The Kier molecular flexibility index (Phi) is 6.66. The van der Waals surface area contributed by atoms with Gasteiger partial charge in [0.1, 0.15) is 0 Å². The summed E-state index contributed by atoms with van der Waals surface area (Å²) in [5.41, 5.74) is 1.62. The Bertz CT molecular complexity index is 911. The van der Waals surface area contributed by atoms with Crippen molar-refractivity contribution < 1.29 is 13.2 Å². The van der Waals surface area contributed by atoms with Gasteiger partial charge in [-0.15, -0.1) is 6.58 Å². The maximum absolute atomic E-state index is 13.2. The van der Waals surface area contributed by atoms with Crippen LogP contribution in [0.2, 0.25) is 5.02 Å². The Morgan fingerprint density at radius 2 is 1.85 bits per heavy atom. The fourth-order valence-electron chi connectivity index (χ4n) is 2.52. The first-order valence-corrected chi connectivity index (χ1v) is 10.6. The lowest BCUT2D eigenvalue weighted by Gasteiger charge is -2.30. The molecule has 2 atom stereocenters. The second kappa shape index (κ2) is 8.37. The molecule has 2 aromatic carbocycles. The molecule has 2 rings (SSSR count). The van der Waals surface area contributed by atoms with Crippen LogP contribution in [0.15, 0.2) is 66.1 Å². The van der Waals surface area contributed by atoms with Gasteiger partial charge in [0.05, 0.1) is 15.8 Å². The van der Waals surface area contributed by atoms with Crippen molar-refractivity contribution in [3.8, 4) is 0 Å². The third-order valence-corrected chi connectivity index (χ3v) is 6.22. The van der Waals surface area contributed by atoms with Crippen LogP contribution in [0.5, 0.6) is 0 Å². The third-order valence-electron chi connectivity index (χ3n) is 3.79. The van der Waals surface area contributed by atoms with E-state index in [0.717, 1.165) is 9.87 Å². The van der Waals surface area contributed by atoms with Crippen molar-refractivity contribution >= 4 is 43.5 Å². The summed E-state index contributed by atoms with van der Waals surface area (Å²) >= 11 is 9.05. The highest BCUT2D eigenvalue weighted by Gasteiger charge is 2.36. The second-order valence-corrected chi connectivity index (χ2v) is 9.43. The highest BCUT2D eigenvalue weighted by Crippen LogP contribution is 2.31. The fourth-order valence-corrected chi connectivity index (χ4v) is 4.61. The van der Waals surface area contributed by atoms with Crippen LogP contribution < -0.4 is 0 Å². The average Bonchev–Trinajstić information content (AvgIpc) is 2.59. The van der Waals surface area contributed by atoms with Crippen LogP contribution in [0.4, 0.5) is 0 Å². The molecule has 0 N–H and O–H groups in total. The van der Waals surface area contributed by atoms with Gasteiger partial charge in [0.15, 0.2) is 0 Å². The van der Waals surface area contributed by atoms with E-state index in [9.17, 15) is 13.2 Å². The fraction of sp³-hybridized carbons (Fsp3) is 0.211. The van der Waals surface area contributed by atoms with Gasteiger partial charge in [-0.2, -0.15) is 0 Å². The van der Waals surface area contributed by atoms with E-state index < -0.39 is 26.8 Å². The summed E-state index contributed by atoms with van der Waals surface area (Å²) in [6.07, 6.45) is 1.45. The number of hydrogen-bond acceptors (Lipinski definition) is 3. The first-order chi connectivity index (χ1) is 12.2. The second-order valence-electron chi connectivity index (χ2n) is 5.80. The molecule has 1 amide bonds. The topological polar surface area (TPSA) is 54.5 Å². The summed E-state index contributed by atoms with van der Waals surface area (Å²) in [6.45, 7) is 7.24. The Balaban J connectivity index is 2.64. The molecule has 2 aromatic rings. The van der Waals surface area contributed by atoms with Gasteiger partial charge in [0.2, 0.25) is 0 Å². The number of hydrogen-bond donors (Lipinski definition) is 0. The summed E-state index contributed by atoms with van der Waals surface area (Å²) in [7, 11) is -4.11. The molecular weight excluding hydrogens is 438 g/mol. The van der Waals surface area contributed by atoms with E-state index >= 15 is 0 Å². The predicted octanol–water partition coefficient (Wildman–Crippen LogP) is 4.88. The highest BCUT2D eigenvalue weighted by atomic mass is 79.9. The number of amides is 1. The maximum Gasteiger partial charge on any atom is 0.267 e. The van der Waals surface area contributed by atoms with Crippen molar-refractivity contribution in [2.45, 2.75) is 29.6 Å². The van der Waals surface area contributed by atoms with Crippen molar-refractivity contribution in [3.05, 3.63) is 77.3 Å². The van der Waals surface area contributed by atoms with Gasteiger partial charge in [0.25, 0.3) is 15.9 Å². The molecule has 26 heavy (non-hydrogen) atoms. The average molecular weight is 457 g/mol. The minimum Gasteiger partial charge on any atom is -0.272 e. The van der Waals surface area contributed by atoms with E-state index in [-0.39, 0.29) is 4.90 Å². The number of alkyl halides is 1. The highest BCUT2D eigenvalue weighted by molar-refractivity contribution is 9.10. The van der Waals surface area contributed by atoms with Crippen LogP contribution >= 0.6 is 27.5 Å². The van der Waals surface area contributed by atoms with Crippen LogP contribution in [0, 0.1) is 6.92 Å². The van der Waals surface area contributed by atoms with E-state index in [1.54, 1.807) is 13.0 Å². The molecule has 0 saturated heterocycles. The largest absolute Gasteiger partial charge is 0.272 e. The zero-order valence-corrected chi connectivity index (χ0v) is 17.6. The van der Waals surface area contributed by atoms with Gasteiger partial charge in [-0.1, -0.05) is 63.4 Å². The zero-order valence-electron chi connectivity index (χ0n) is 14.4. The number of halogens is 2. The predicted molar refractivity (Wildman–Crippen MR) is 108 cm³/mol. The van der Waals surface area contributed by atoms with E-state index in [1.807, 2.05) is 25.1 Å². The molecular formula is C19H19BrClNO3S. The third kappa shape index (κ3) is 4.37. The van der Waals surface area contributed by atoms with E-state index in [1.165, 1.54) is 30.3 Å². The minimum absolute atomic E-state index is 0.0112. The van der Waals surface area contributed by atoms with Crippen LogP contribution in [0.3, 0.4) is 0 Å². The number of sulfonamides is 1. The van der Waals surface area contributed by atoms with Gasteiger partial charge in [-0.05, 0) is 43.7 Å². The molecule has 138 valence electrons. The summed E-state index contributed by atoms with van der Waals surface area (Å²) in [5, 5.41) is 0.412. The lowest BCUT2D eigenvalue weighted by atomic mass is 10.0. The van der Waals surface area contributed by atoms with Crippen molar-refractivity contribution in [2.24, 2.45) is 0 Å². The molecule has 0 bridgehead atoms. The standard InChI is InChI=1S/C19H19BrClNO3S/c1-4-18(15-7-5-6-13(2)12-15)22(19(23)14(3)20)26(24,25)17-10-8-16(21)9-11-17/h4-12,14,18H,1H2,2-3H3. The molecule has 2 unspecified atom stereocenters. The van der Waals surface area contributed by atoms with Crippen LogP contribution in [-0.4, -0.2) is 23.5 Å². The first kappa shape index (κ1) is 20.7. The SMILES string of the molecule is C=CC(c1cccc(C)c1)N(C(=O)C(C)Br)S(=O)(=O)c1ccc(Cl)cc1. The van der Waals surface area contributed by atoms with E-state index in [0.29, 0.717) is 10.6 Å². The van der Waals surface area contributed by atoms with Crippen molar-refractivity contribution in [2.75, 3.05) is 0 Å². The number of aryl methyl sites for hydroxylation is 1. The molecule has 0 heterocycles. The molecule has 0 aliphatic heterocycles. The Morgan fingerprint density at radius 1 is 1.23 bits per heavy atom. The molecule has 7 heteroatoms. The van der Waals surface area contributed by atoms with Gasteiger partial charge in [0, 0.05) is 5.02 Å². The molecule has 0 spiro atoms. The number of carbonyl (C=O) groups excluding carboxylic acids is 1. The Hall–Kier alpha value is -1.63. The monoisotopic (exact) mass is 455 g/mol. The molecule has 4 nitrogen and oxygen atoms in total. The smallest absolute Gasteiger partial charge is 0.267 e. The normalized spacial score (nSPS) is 13.7. The van der Waals surface area contributed by atoms with Gasteiger partial charge < -0.3 is 0 Å². The van der Waals surface area contributed by atoms with Crippen molar-refractivity contribution in [1.82, 2.24) is 4.31 Å². The Morgan fingerprint density at radius 3 is 2.35 bits per heavy atom. The number of benzene rings is 2. The van der Waals surface area contributed by atoms with Crippen LogP contribution in [-0.2, 0) is 14.8 Å². The molecule has 0 aromatic heterocycles. The minimum atomic E-state index is -4.11. The molecule has 0 saturated carbocycles. The lowest BCUT2D eigenvalue weighted by molar-refractivity contribution is -0.126. The van der Waals surface area contributed by atoms with Gasteiger partial charge in [-0.3, -0.25) is 4.79 Å². The lowest BCUT2D eigenvalue weighted by Crippen LogP contribution is -2.42. The Labute approximate surface area is 167 Å². The summed E-state index contributed by atoms with van der Waals surface area (Å²) in [4.78, 5) is 12.1. The number of carbonyl (C=O) groups is 1. The maximum atomic E-state index is 13.2. The van der Waals surface area contributed by atoms with Crippen LogP contribution in [0.1, 0.15) is 24.1 Å². The zero-order chi connectivity index (χ0) is 19.5. The van der Waals surface area contributed by atoms with Crippen LogP contribution in [0.25, 0.3) is 0 Å². The van der Waals surface area contributed by atoms with E-state index in [2.05, 4.69) is 22.5 Å². The van der Waals surface area contributed by atoms with Crippen molar-refractivity contribution in [3.63, 3.8) is 0 Å². The molecule has 0 fully saturated rings. The van der Waals surface area contributed by atoms with Gasteiger partial charge in [-0.25, -0.2) is 12.7 Å². The first-order valence-electron chi connectivity index (χ1n) is 7.85. The molecule has 0 radical (unpaired) electrons. The number of rotatable bonds is 6. The summed E-state index contributed by atoms with van der Waals surface area (Å²) in [5.74, 6) is -0.577. The number of nitrogens with zero attached hydrogens (tertiary/aromatic N) is 1. The molecule has 0 aliphatic rings. The quantitative estimate of drug-likeness (QED) is 0.460. The summed E-state index contributed by atoms with van der Waals surface area (Å²) in [6, 6.07) is 12.2. The van der Waals surface area contributed by atoms with E-state index in [4.69, 9.17) is 11.6 Å². The summed E-state index contributed by atoms with van der Waals surface area (Å²) < 4.78 is 27.4. The van der Waals surface area contributed by atoms with Crippen molar-refractivity contribution in [1.29, 1.82) is 0 Å².